The molecule has 0 aromatic heterocycles. The van der Waals surface area contributed by atoms with Crippen molar-refractivity contribution in [2.24, 2.45) is 0 Å². The van der Waals surface area contributed by atoms with Crippen LogP contribution in [0.3, 0.4) is 0 Å². The molecule has 0 spiro atoms. The largest absolute Gasteiger partial charge is 0.271 e. The lowest BCUT2D eigenvalue weighted by Crippen LogP contribution is -2.10. The molecule has 0 radical (unpaired) electrons. The fraction of sp³-hybridized carbons (Fsp3) is 0.600. The summed E-state index contributed by atoms with van der Waals surface area (Å²) >= 11 is 0. The van der Waals surface area contributed by atoms with Crippen molar-refractivity contribution in [2.45, 2.75) is 0 Å². The van der Waals surface area contributed by atoms with Crippen LogP contribution in [0.15, 0.2) is 12.7 Å². The monoisotopic (exact) mass is 168 g/mol. The third kappa shape index (κ3) is 4.46. The van der Waals surface area contributed by atoms with E-state index in [4.69, 9.17) is 0 Å². The van der Waals surface area contributed by atoms with Crippen LogP contribution < -0.4 is 0 Å². The Bertz CT molecular complexity index is 185. The topological polar surface area (TPSA) is 43.4 Å². The molecule has 0 fully saturated rings. The van der Waals surface area contributed by atoms with Crippen LogP contribution in [-0.2, 0) is 14.3 Å². The molecule has 0 bridgehead atoms. The van der Waals surface area contributed by atoms with E-state index < -0.39 is 23.4 Å². The highest BCUT2D eigenvalue weighted by molar-refractivity contribution is 7.86. The summed E-state index contributed by atoms with van der Waals surface area (Å²) in [6.07, 6.45) is 1.19. The first-order valence-electron chi connectivity index (χ1n) is 2.66. The van der Waals surface area contributed by atoms with Crippen molar-refractivity contribution in [3.63, 3.8) is 0 Å². The van der Waals surface area contributed by atoms with Crippen molar-refractivity contribution in [3.8, 4) is 0 Å². The van der Waals surface area contributed by atoms with E-state index in [2.05, 4.69) is 10.8 Å². The summed E-state index contributed by atoms with van der Waals surface area (Å²) in [4.78, 5) is 0. The van der Waals surface area contributed by atoms with Crippen LogP contribution in [0.2, 0.25) is 0 Å². The first-order chi connectivity index (χ1) is 4.62. The zero-order valence-corrected chi connectivity index (χ0v) is 6.23. The van der Waals surface area contributed by atoms with Crippen LogP contribution >= 0.6 is 0 Å². The van der Waals surface area contributed by atoms with Crippen molar-refractivity contribution in [2.75, 3.05) is 19.0 Å². The summed E-state index contributed by atoms with van der Waals surface area (Å²) in [7, 11) is -3.55. The molecule has 3 nitrogen and oxygen atoms in total. The second-order valence-corrected chi connectivity index (χ2v) is 3.21. The molecule has 0 unspecified atom stereocenters. The predicted octanol–water partition coefficient (Wildman–Crippen LogP) is 0.488. The van der Waals surface area contributed by atoms with Crippen LogP contribution in [0.1, 0.15) is 0 Å². The molecule has 10 heavy (non-hydrogen) atoms. The van der Waals surface area contributed by atoms with Gasteiger partial charge in [0.2, 0.25) is 0 Å². The SMILES string of the molecule is C=CCS(=O)(=O)OCCF. The molecule has 5 heteroatoms. The quantitative estimate of drug-likeness (QED) is 0.443. The maximum Gasteiger partial charge on any atom is 0.271 e. The number of hydrogen-bond donors (Lipinski definition) is 0. The Hall–Kier alpha value is -0.420. The van der Waals surface area contributed by atoms with E-state index in [0.29, 0.717) is 0 Å². The molecule has 0 aromatic rings. The minimum absolute atomic E-state index is 0.271. The highest BCUT2D eigenvalue weighted by Gasteiger charge is 2.06. The van der Waals surface area contributed by atoms with Crippen molar-refractivity contribution in [1.82, 2.24) is 0 Å². The van der Waals surface area contributed by atoms with E-state index in [1.165, 1.54) is 6.08 Å². The van der Waals surface area contributed by atoms with Gasteiger partial charge in [0.15, 0.2) is 0 Å². The molecule has 0 aliphatic carbocycles. The predicted molar refractivity (Wildman–Crippen MR) is 35.9 cm³/mol. The lowest BCUT2D eigenvalue weighted by Gasteiger charge is -1.98. The molecule has 0 amide bonds. The normalized spacial score (nSPS) is 11.3. The number of rotatable bonds is 5. The van der Waals surface area contributed by atoms with Crippen molar-refractivity contribution in [3.05, 3.63) is 12.7 Å². The fourth-order valence-corrected chi connectivity index (χ4v) is 1.05. The van der Waals surface area contributed by atoms with Gasteiger partial charge in [0.25, 0.3) is 10.1 Å². The Balaban J connectivity index is 3.76. The second-order valence-electron chi connectivity index (χ2n) is 1.52. The standard InChI is InChI=1S/C5H9FO3S/c1-2-5-10(7,8)9-4-3-6/h2H,1,3-5H2. The van der Waals surface area contributed by atoms with Gasteiger partial charge in [-0.3, -0.25) is 4.18 Å². The first kappa shape index (κ1) is 9.58. The van der Waals surface area contributed by atoms with Gasteiger partial charge < -0.3 is 0 Å². The van der Waals surface area contributed by atoms with Crippen molar-refractivity contribution < 1.29 is 17.0 Å². The summed E-state index contributed by atoms with van der Waals surface area (Å²) in [6, 6.07) is 0. The van der Waals surface area contributed by atoms with Crippen LogP contribution in [0, 0.1) is 0 Å². The van der Waals surface area contributed by atoms with Gasteiger partial charge >= 0.3 is 0 Å². The Morgan fingerprint density at radius 1 is 1.60 bits per heavy atom. The molecular formula is C5H9FO3S. The lowest BCUT2D eigenvalue weighted by atomic mass is 10.8. The van der Waals surface area contributed by atoms with E-state index in [1.807, 2.05) is 0 Å². The molecule has 0 aliphatic heterocycles. The minimum atomic E-state index is -3.55. The molecule has 60 valence electrons. The molecule has 0 atom stereocenters. The lowest BCUT2D eigenvalue weighted by molar-refractivity contribution is 0.278. The first-order valence-corrected chi connectivity index (χ1v) is 4.24. The smallest absolute Gasteiger partial charge is 0.267 e. The maximum atomic E-state index is 11.3. The Labute approximate surface area is 59.6 Å². The van der Waals surface area contributed by atoms with Crippen LogP contribution in [0.5, 0.6) is 0 Å². The summed E-state index contributed by atoms with van der Waals surface area (Å²) in [5.41, 5.74) is 0. The summed E-state index contributed by atoms with van der Waals surface area (Å²) < 4.78 is 36.6. The second kappa shape index (κ2) is 4.40. The number of alkyl halides is 1. The van der Waals surface area contributed by atoms with E-state index >= 15 is 0 Å². The molecule has 0 heterocycles. The Morgan fingerprint density at radius 3 is 2.60 bits per heavy atom. The van der Waals surface area contributed by atoms with Gasteiger partial charge in [0.1, 0.15) is 6.67 Å². The molecule has 0 saturated carbocycles. The molecule has 0 aromatic carbocycles. The summed E-state index contributed by atoms with van der Waals surface area (Å²) in [5.74, 6) is -0.271. The molecule has 0 saturated heterocycles. The highest BCUT2D eigenvalue weighted by Crippen LogP contribution is 1.92. The summed E-state index contributed by atoms with van der Waals surface area (Å²) in [5, 5.41) is 0. The third-order valence-corrected chi connectivity index (χ3v) is 1.83. The van der Waals surface area contributed by atoms with E-state index in [-0.39, 0.29) is 5.75 Å². The van der Waals surface area contributed by atoms with Gasteiger partial charge in [0.05, 0.1) is 12.4 Å². The Kier molecular flexibility index (Phi) is 4.22. The van der Waals surface area contributed by atoms with Gasteiger partial charge in [-0.2, -0.15) is 8.42 Å². The van der Waals surface area contributed by atoms with Crippen molar-refractivity contribution >= 4 is 10.1 Å². The van der Waals surface area contributed by atoms with E-state index in [0.717, 1.165) is 0 Å². The zero-order valence-electron chi connectivity index (χ0n) is 5.42. The Morgan fingerprint density at radius 2 is 2.20 bits per heavy atom. The van der Waals surface area contributed by atoms with Crippen LogP contribution in [0.4, 0.5) is 4.39 Å². The van der Waals surface area contributed by atoms with Gasteiger partial charge in [-0.25, -0.2) is 4.39 Å². The van der Waals surface area contributed by atoms with Gasteiger partial charge in [0, 0.05) is 0 Å². The number of halogens is 1. The maximum absolute atomic E-state index is 11.3. The van der Waals surface area contributed by atoms with Gasteiger partial charge in [-0.05, 0) is 0 Å². The van der Waals surface area contributed by atoms with E-state index in [9.17, 15) is 12.8 Å². The average molecular weight is 168 g/mol. The molecule has 0 aliphatic rings. The van der Waals surface area contributed by atoms with Gasteiger partial charge in [-0.1, -0.05) is 6.08 Å². The highest BCUT2D eigenvalue weighted by atomic mass is 32.2. The van der Waals surface area contributed by atoms with E-state index in [1.54, 1.807) is 0 Å². The van der Waals surface area contributed by atoms with Crippen LogP contribution in [-0.4, -0.2) is 27.5 Å². The summed E-state index contributed by atoms with van der Waals surface area (Å²) in [6.45, 7) is 2.00. The number of hydrogen-bond acceptors (Lipinski definition) is 3. The fourth-order valence-electron chi connectivity index (χ4n) is 0.351. The van der Waals surface area contributed by atoms with Gasteiger partial charge in [-0.15, -0.1) is 6.58 Å². The molecule has 0 N–H and O–H groups in total. The zero-order chi connectivity index (χ0) is 8.04. The average Bonchev–Trinajstić information content (AvgIpc) is 1.84. The minimum Gasteiger partial charge on any atom is -0.267 e. The van der Waals surface area contributed by atoms with Crippen LogP contribution in [0.25, 0.3) is 0 Å². The molecule has 0 rings (SSSR count). The third-order valence-electron chi connectivity index (χ3n) is 0.662. The van der Waals surface area contributed by atoms with Crippen molar-refractivity contribution in [1.29, 1.82) is 0 Å². The molecular weight excluding hydrogens is 159 g/mol.